The maximum Gasteiger partial charge on any atom is 0.303 e. The number of unbranched alkanes of at least 4 members (excludes halogenated alkanes) is 13. The maximum absolute atomic E-state index is 10.4. The van der Waals surface area contributed by atoms with Crippen molar-refractivity contribution in [2.45, 2.75) is 110 Å². The molecular formula is C20H38O2. The molecule has 0 saturated heterocycles. The van der Waals surface area contributed by atoms with E-state index in [9.17, 15) is 4.79 Å². The Labute approximate surface area is 138 Å². The van der Waals surface area contributed by atoms with Gasteiger partial charge in [-0.15, -0.1) is 0 Å². The molecule has 0 aliphatic carbocycles. The average Bonchev–Trinajstić information content (AvgIpc) is 2.50. The molecule has 0 aromatic carbocycles. The predicted molar refractivity (Wildman–Crippen MR) is 96.3 cm³/mol. The molecule has 0 amide bonds. The van der Waals surface area contributed by atoms with Crippen LogP contribution in [0.4, 0.5) is 0 Å². The summed E-state index contributed by atoms with van der Waals surface area (Å²) in [7, 11) is 0. The van der Waals surface area contributed by atoms with E-state index >= 15 is 0 Å². The van der Waals surface area contributed by atoms with Gasteiger partial charge in [0.15, 0.2) is 0 Å². The molecule has 1 N–H and O–H groups in total. The van der Waals surface area contributed by atoms with Crippen LogP contribution in [-0.4, -0.2) is 11.1 Å². The zero-order valence-corrected chi connectivity index (χ0v) is 14.8. The molecule has 0 aliphatic rings. The van der Waals surface area contributed by atoms with Crippen LogP contribution in [0.15, 0.2) is 12.2 Å². The maximum atomic E-state index is 10.4. The minimum absolute atomic E-state index is 0.340. The van der Waals surface area contributed by atoms with Gasteiger partial charge in [0, 0.05) is 6.42 Å². The highest BCUT2D eigenvalue weighted by atomic mass is 16.4. The standard InChI is InChI=1S/C20H38O2/c1-2-3-4-5-6-7-8-9-10-11-12-13-14-15-16-17-18-19-20(21)22/h6-7H,2-5,8-19H2,1H3,(H,21,22)/b7-6+. The largest absolute Gasteiger partial charge is 0.481 e. The van der Waals surface area contributed by atoms with Crippen LogP contribution < -0.4 is 0 Å². The Morgan fingerprint density at radius 3 is 1.55 bits per heavy atom. The summed E-state index contributed by atoms with van der Waals surface area (Å²) < 4.78 is 0. The highest BCUT2D eigenvalue weighted by Gasteiger charge is 1.96. The number of carboxylic acid groups (broad SMARTS) is 1. The van der Waals surface area contributed by atoms with Crippen LogP contribution in [0.5, 0.6) is 0 Å². The van der Waals surface area contributed by atoms with Gasteiger partial charge in [-0.3, -0.25) is 4.79 Å². The number of carbonyl (C=O) groups is 1. The van der Waals surface area contributed by atoms with Gasteiger partial charge >= 0.3 is 5.97 Å². The zero-order valence-electron chi connectivity index (χ0n) is 14.8. The Morgan fingerprint density at radius 2 is 1.09 bits per heavy atom. The van der Waals surface area contributed by atoms with Crippen molar-refractivity contribution < 1.29 is 9.90 Å². The SMILES string of the molecule is CCCCC/C=C/CCCCCCCCCCCCC(=O)O. The molecule has 0 radical (unpaired) electrons. The molecule has 0 fully saturated rings. The van der Waals surface area contributed by atoms with Crippen molar-refractivity contribution in [1.29, 1.82) is 0 Å². The number of hydrogen-bond acceptors (Lipinski definition) is 1. The number of rotatable bonds is 17. The summed E-state index contributed by atoms with van der Waals surface area (Å²) in [5.74, 6) is -0.657. The van der Waals surface area contributed by atoms with Crippen LogP contribution in [0.3, 0.4) is 0 Å². The summed E-state index contributed by atoms with van der Waals surface area (Å²) in [4.78, 5) is 10.4. The molecule has 0 heterocycles. The fourth-order valence-corrected chi connectivity index (χ4v) is 2.70. The smallest absolute Gasteiger partial charge is 0.303 e. The normalized spacial score (nSPS) is 11.3. The predicted octanol–water partition coefficient (Wildman–Crippen LogP) is 6.89. The van der Waals surface area contributed by atoms with Crippen LogP contribution >= 0.6 is 0 Å². The van der Waals surface area contributed by atoms with Gasteiger partial charge < -0.3 is 5.11 Å². The third-order valence-electron chi connectivity index (χ3n) is 4.15. The zero-order chi connectivity index (χ0) is 16.3. The van der Waals surface area contributed by atoms with Crippen molar-refractivity contribution in [2.75, 3.05) is 0 Å². The van der Waals surface area contributed by atoms with Gasteiger partial charge in [-0.25, -0.2) is 0 Å². The molecule has 0 aromatic rings. The first-order valence-corrected chi connectivity index (χ1v) is 9.64. The molecule has 0 saturated carbocycles. The lowest BCUT2D eigenvalue weighted by Crippen LogP contribution is -1.93. The molecule has 0 aliphatic heterocycles. The van der Waals surface area contributed by atoms with Gasteiger partial charge in [0.05, 0.1) is 0 Å². The number of allylic oxidation sites excluding steroid dienone is 2. The van der Waals surface area contributed by atoms with Gasteiger partial charge in [0.1, 0.15) is 0 Å². The summed E-state index contributed by atoms with van der Waals surface area (Å²) in [6.07, 6.45) is 24.2. The Balaban J connectivity index is 3.04. The van der Waals surface area contributed by atoms with Gasteiger partial charge in [-0.2, -0.15) is 0 Å². The van der Waals surface area contributed by atoms with Crippen LogP contribution in [0, 0.1) is 0 Å². The number of hydrogen-bond donors (Lipinski definition) is 1. The van der Waals surface area contributed by atoms with Crippen LogP contribution in [0.1, 0.15) is 110 Å². The van der Waals surface area contributed by atoms with E-state index in [1.807, 2.05) is 0 Å². The minimum Gasteiger partial charge on any atom is -0.481 e. The first-order valence-electron chi connectivity index (χ1n) is 9.64. The van der Waals surface area contributed by atoms with E-state index in [2.05, 4.69) is 19.1 Å². The average molecular weight is 311 g/mol. The highest BCUT2D eigenvalue weighted by Crippen LogP contribution is 2.12. The lowest BCUT2D eigenvalue weighted by molar-refractivity contribution is -0.137. The topological polar surface area (TPSA) is 37.3 Å². The lowest BCUT2D eigenvalue weighted by Gasteiger charge is -2.02. The van der Waals surface area contributed by atoms with Crippen molar-refractivity contribution in [2.24, 2.45) is 0 Å². The minimum atomic E-state index is -0.657. The summed E-state index contributed by atoms with van der Waals surface area (Å²) >= 11 is 0. The molecule has 2 nitrogen and oxygen atoms in total. The van der Waals surface area contributed by atoms with E-state index in [0.717, 1.165) is 12.8 Å². The molecule has 0 atom stereocenters. The molecule has 0 spiro atoms. The molecule has 130 valence electrons. The third kappa shape index (κ3) is 19.2. The molecule has 2 heteroatoms. The fraction of sp³-hybridized carbons (Fsp3) is 0.850. The second-order valence-corrected chi connectivity index (χ2v) is 6.44. The van der Waals surface area contributed by atoms with Gasteiger partial charge in [0.2, 0.25) is 0 Å². The van der Waals surface area contributed by atoms with Crippen molar-refractivity contribution in [3.8, 4) is 0 Å². The third-order valence-corrected chi connectivity index (χ3v) is 4.15. The van der Waals surface area contributed by atoms with E-state index < -0.39 is 5.97 Å². The fourth-order valence-electron chi connectivity index (χ4n) is 2.70. The summed E-state index contributed by atoms with van der Waals surface area (Å²) in [5.41, 5.74) is 0. The molecule has 0 aromatic heterocycles. The number of carboxylic acids is 1. The molecule has 0 unspecified atom stereocenters. The Morgan fingerprint density at radius 1 is 0.682 bits per heavy atom. The Kier molecular flexibility index (Phi) is 17.6. The van der Waals surface area contributed by atoms with Crippen molar-refractivity contribution in [3.63, 3.8) is 0 Å². The summed E-state index contributed by atoms with van der Waals surface area (Å²) in [5, 5.41) is 8.53. The Bertz CT molecular complexity index is 258. The van der Waals surface area contributed by atoms with Gasteiger partial charge in [0.25, 0.3) is 0 Å². The van der Waals surface area contributed by atoms with E-state index in [1.165, 1.54) is 83.5 Å². The van der Waals surface area contributed by atoms with E-state index in [0.29, 0.717) is 6.42 Å². The van der Waals surface area contributed by atoms with Crippen LogP contribution in [0.2, 0.25) is 0 Å². The monoisotopic (exact) mass is 310 g/mol. The number of aliphatic carboxylic acids is 1. The van der Waals surface area contributed by atoms with Crippen molar-refractivity contribution >= 4 is 5.97 Å². The van der Waals surface area contributed by atoms with Crippen LogP contribution in [0.25, 0.3) is 0 Å². The van der Waals surface area contributed by atoms with Crippen molar-refractivity contribution in [1.82, 2.24) is 0 Å². The summed E-state index contributed by atoms with van der Waals surface area (Å²) in [6, 6.07) is 0. The second-order valence-electron chi connectivity index (χ2n) is 6.44. The molecular weight excluding hydrogens is 272 g/mol. The molecule has 0 bridgehead atoms. The summed E-state index contributed by atoms with van der Waals surface area (Å²) in [6.45, 7) is 2.25. The van der Waals surface area contributed by atoms with Crippen LogP contribution in [-0.2, 0) is 4.79 Å². The van der Waals surface area contributed by atoms with Gasteiger partial charge in [-0.1, -0.05) is 83.3 Å². The first-order chi connectivity index (χ1) is 10.8. The van der Waals surface area contributed by atoms with E-state index in [4.69, 9.17) is 5.11 Å². The lowest BCUT2D eigenvalue weighted by atomic mass is 10.0. The molecule has 0 rings (SSSR count). The highest BCUT2D eigenvalue weighted by molar-refractivity contribution is 5.66. The quantitative estimate of drug-likeness (QED) is 0.234. The van der Waals surface area contributed by atoms with Gasteiger partial charge in [-0.05, 0) is 32.1 Å². The van der Waals surface area contributed by atoms with E-state index in [1.54, 1.807) is 0 Å². The first kappa shape index (κ1) is 21.2. The molecule has 22 heavy (non-hydrogen) atoms. The Hall–Kier alpha value is -0.790. The second kappa shape index (κ2) is 18.3. The van der Waals surface area contributed by atoms with E-state index in [-0.39, 0.29) is 0 Å². The van der Waals surface area contributed by atoms with Crippen molar-refractivity contribution in [3.05, 3.63) is 12.2 Å².